The van der Waals surface area contributed by atoms with Crippen LogP contribution in [-0.4, -0.2) is 13.2 Å². The molecule has 0 aliphatic carbocycles. The third-order valence-corrected chi connectivity index (χ3v) is 0.0645. The molecule has 7 heteroatoms. The van der Waals surface area contributed by atoms with Crippen LogP contribution in [0.4, 0.5) is 0 Å². The van der Waals surface area contributed by atoms with Crippen LogP contribution >= 0.6 is 12.4 Å². The Morgan fingerprint density at radius 3 is 1.91 bits per heavy atom. The molecular formula is C4H10ClN4NaO. The molecule has 0 aromatic heterocycles. The normalized spacial score (nSPS) is 8.55. The minimum Gasteiger partial charge on any atom is -0.512 e. The molecule has 60 valence electrons. The Kier molecular flexibility index (Phi) is 274. The van der Waals surface area contributed by atoms with Crippen molar-refractivity contribution < 1.29 is 39.8 Å². The van der Waals surface area contributed by atoms with Crippen molar-refractivity contribution in [3.05, 3.63) is 6.57 Å². The molecule has 0 saturated heterocycles. The van der Waals surface area contributed by atoms with E-state index < -0.39 is 13.2 Å². The second kappa shape index (κ2) is 224. The van der Waals surface area contributed by atoms with Crippen LogP contribution in [0.25, 0.3) is 0 Å². The maximum absolute atomic E-state index is 8.78. The van der Waals surface area contributed by atoms with E-state index in [1.807, 2.05) is 0 Å². The van der Waals surface area contributed by atoms with E-state index in [-0.39, 0.29) is 48.1 Å². The molecule has 11 heavy (non-hydrogen) atoms. The summed E-state index contributed by atoms with van der Waals surface area (Å²) in [5.74, 6) is 0. The first-order valence-electron chi connectivity index (χ1n) is 3.19. The SMILES string of the molecule is Cl.N.[2H]C([2H])(N)C#N.[2H]C([2H])=O.[C-]#N.[Na+]. The molecule has 0 unspecified atom stereocenters. The molecule has 0 aromatic carbocycles. The van der Waals surface area contributed by atoms with Gasteiger partial charge in [-0.25, -0.2) is 0 Å². The predicted octanol–water partition coefficient (Wildman–Crippen LogP) is -3.03. The fraction of sp³-hybridized carbons (Fsp3) is 0.250. The van der Waals surface area contributed by atoms with E-state index in [1.54, 1.807) is 0 Å². The summed E-state index contributed by atoms with van der Waals surface area (Å²) in [6, 6.07) is 1.22. The number of hydrogen-bond donors (Lipinski definition) is 2. The summed E-state index contributed by atoms with van der Waals surface area (Å²) < 4.78 is 23.8. The monoisotopic (exact) mass is 192 g/mol. The van der Waals surface area contributed by atoms with Gasteiger partial charge in [0.15, 0.2) is 0 Å². The molecule has 0 rings (SSSR count). The van der Waals surface area contributed by atoms with Gasteiger partial charge in [-0.2, -0.15) is 5.26 Å². The zero-order valence-corrected chi connectivity index (χ0v) is 8.81. The van der Waals surface area contributed by atoms with Crippen LogP contribution in [0.1, 0.15) is 5.48 Å². The Balaban J connectivity index is -0.0000000204. The summed E-state index contributed by atoms with van der Waals surface area (Å²) in [4.78, 5) is 8.78. The smallest absolute Gasteiger partial charge is 0.512 e. The van der Waals surface area contributed by atoms with Crippen LogP contribution in [0.15, 0.2) is 0 Å². The Morgan fingerprint density at radius 2 is 1.91 bits per heavy atom. The van der Waals surface area contributed by atoms with E-state index in [9.17, 15) is 0 Å². The summed E-state index contributed by atoms with van der Waals surface area (Å²) in [6.07, 6.45) is 0. The topological polar surface area (TPSA) is 126 Å². The summed E-state index contributed by atoms with van der Waals surface area (Å²) in [5, 5.41) is 13.9. The molecule has 0 heterocycles. The third-order valence-electron chi connectivity index (χ3n) is 0.0645. The van der Waals surface area contributed by atoms with E-state index in [2.05, 4.69) is 5.73 Å². The van der Waals surface area contributed by atoms with Gasteiger partial charge in [-0.05, 0) is 0 Å². The molecular weight excluding hydrogens is 179 g/mol. The van der Waals surface area contributed by atoms with Crippen molar-refractivity contribution in [2.45, 2.75) is 0 Å². The van der Waals surface area contributed by atoms with Gasteiger partial charge in [0.2, 0.25) is 0 Å². The molecule has 5 nitrogen and oxygen atoms in total. The van der Waals surface area contributed by atoms with E-state index in [1.165, 1.54) is 6.07 Å². The molecule has 0 radical (unpaired) electrons. The Morgan fingerprint density at radius 1 is 1.82 bits per heavy atom. The number of carbonyl (C=O) groups is 1. The summed E-state index contributed by atoms with van der Waals surface area (Å²) in [6.45, 7) is 1.26. The molecule has 0 bridgehead atoms. The molecule has 0 aliphatic heterocycles. The van der Waals surface area contributed by atoms with Crippen LogP contribution < -0.4 is 41.4 Å². The number of carbonyl (C=O) groups excluding carboxylic acids is 1. The minimum absolute atomic E-state index is 0. The first-order valence-corrected chi connectivity index (χ1v) is 1.19. The molecule has 0 atom stereocenters. The molecule has 0 saturated carbocycles. The van der Waals surface area contributed by atoms with Crippen LogP contribution in [0.2, 0.25) is 0 Å². The van der Waals surface area contributed by atoms with Gasteiger partial charge in [0.1, 0.15) is 9.48 Å². The maximum Gasteiger partial charge on any atom is 1.00 e. The largest absolute Gasteiger partial charge is 1.00 e. The van der Waals surface area contributed by atoms with Crippen LogP contribution in [0.5, 0.6) is 0 Å². The van der Waals surface area contributed by atoms with Gasteiger partial charge in [-0.15, -0.1) is 12.4 Å². The number of nitriles is 1. The summed E-state index contributed by atoms with van der Waals surface area (Å²) >= 11 is 0. The van der Waals surface area contributed by atoms with E-state index in [0.717, 1.165) is 0 Å². The Labute approximate surface area is 100 Å². The number of nitrogens with zero attached hydrogens (tertiary/aromatic N) is 2. The number of nitrogens with two attached hydrogens (primary N) is 1. The van der Waals surface area contributed by atoms with Crippen LogP contribution in [0.3, 0.4) is 0 Å². The third kappa shape index (κ3) is 824. The van der Waals surface area contributed by atoms with Crippen molar-refractivity contribution in [2.24, 2.45) is 5.73 Å². The molecule has 0 amide bonds. The van der Waals surface area contributed by atoms with Gasteiger partial charge in [0.25, 0.3) is 0 Å². The van der Waals surface area contributed by atoms with Gasteiger partial charge in [-0.1, -0.05) is 0 Å². The van der Waals surface area contributed by atoms with Crippen molar-refractivity contribution in [3.8, 4) is 6.07 Å². The average molecular weight is 193 g/mol. The van der Waals surface area contributed by atoms with Crippen molar-refractivity contribution in [2.75, 3.05) is 6.50 Å². The van der Waals surface area contributed by atoms with E-state index in [4.69, 9.17) is 27.4 Å². The fourth-order valence-corrected chi connectivity index (χ4v) is 0. The number of halogens is 1. The quantitative estimate of drug-likeness (QED) is 0.240. The number of hydrogen-bond acceptors (Lipinski definition) is 5. The molecule has 0 fully saturated rings. The standard InChI is InChI=1S/C2H4N2.CN.CH2O.ClH.H3N.Na/c3-1-2-4;2*1-2;;;/h1,3H2;;1H2;1H;1H3;/q;-1;;;;+1/i1D2;;1D2;;;. The molecule has 0 aromatic rings. The fourth-order valence-electron chi connectivity index (χ4n) is 0. The first-order chi connectivity index (χ1) is 5.29. The van der Waals surface area contributed by atoms with Gasteiger partial charge in [0, 0.05) is 0 Å². The van der Waals surface area contributed by atoms with Gasteiger partial charge in [-0.3, -0.25) is 0 Å². The van der Waals surface area contributed by atoms with E-state index in [0.29, 0.717) is 0 Å². The van der Waals surface area contributed by atoms with Gasteiger partial charge in [0.05, 0.1) is 15.3 Å². The van der Waals surface area contributed by atoms with Gasteiger partial charge < -0.3 is 28.5 Å². The van der Waals surface area contributed by atoms with Crippen molar-refractivity contribution in [1.82, 2.24) is 6.15 Å². The molecule has 0 spiro atoms. The molecule has 5 N–H and O–H groups in total. The zero-order chi connectivity index (χ0) is 10.8. The average Bonchev–Trinajstić information content (AvgIpc) is 1.90. The second-order valence-electron chi connectivity index (χ2n) is 0.256. The Hall–Kier alpha value is -0.140. The van der Waals surface area contributed by atoms with Crippen molar-refractivity contribution in [3.63, 3.8) is 0 Å². The number of rotatable bonds is 0. The Bertz CT molecular complexity index is 187. The second-order valence-corrected chi connectivity index (χ2v) is 0.256. The zero-order valence-electron chi connectivity index (χ0n) is 10.00. The minimum atomic E-state index is -2.15. The maximum atomic E-state index is 8.78. The first kappa shape index (κ1) is 13.4. The summed E-state index contributed by atoms with van der Waals surface area (Å²) in [5.41, 5.74) is 4.51. The van der Waals surface area contributed by atoms with E-state index >= 15 is 0 Å². The van der Waals surface area contributed by atoms with Crippen molar-refractivity contribution in [1.29, 1.82) is 10.5 Å². The van der Waals surface area contributed by atoms with Crippen molar-refractivity contribution >= 4 is 19.1 Å². The van der Waals surface area contributed by atoms with Crippen LogP contribution in [-0.2, 0) is 4.79 Å². The van der Waals surface area contributed by atoms with Gasteiger partial charge >= 0.3 is 29.6 Å². The van der Waals surface area contributed by atoms with Crippen LogP contribution in [0, 0.1) is 23.2 Å². The molecule has 0 aliphatic rings. The summed E-state index contributed by atoms with van der Waals surface area (Å²) in [7, 11) is 0. The predicted molar refractivity (Wildman–Crippen MR) is 39.0 cm³/mol.